The molecule has 0 unspecified atom stereocenters. The molecule has 0 fully saturated rings. The van der Waals surface area contributed by atoms with Crippen LogP contribution in [0.5, 0.6) is 0 Å². The maximum absolute atomic E-state index is 10.9. The van der Waals surface area contributed by atoms with Gasteiger partial charge in [-0.3, -0.25) is 4.79 Å². The first-order valence-electron chi connectivity index (χ1n) is 5.53. The minimum absolute atomic E-state index is 0.121. The molecule has 0 saturated carbocycles. The van der Waals surface area contributed by atoms with E-state index in [9.17, 15) is 4.79 Å². The van der Waals surface area contributed by atoms with Gasteiger partial charge in [-0.25, -0.2) is 4.98 Å². The predicted octanol–water partition coefficient (Wildman–Crippen LogP) is 2.33. The number of hydrogen-bond donors (Lipinski definition) is 1. The molecule has 17 heavy (non-hydrogen) atoms. The SMILES string of the molecule is Cn1cnc2ccc(C(C)(C)CC(=O)O)cc21. The van der Waals surface area contributed by atoms with Gasteiger partial charge >= 0.3 is 5.97 Å². The lowest BCUT2D eigenvalue weighted by Crippen LogP contribution is -2.21. The lowest BCUT2D eigenvalue weighted by atomic mass is 9.81. The lowest BCUT2D eigenvalue weighted by Gasteiger charge is -2.23. The van der Waals surface area contributed by atoms with Crippen molar-refractivity contribution in [3.8, 4) is 0 Å². The quantitative estimate of drug-likeness (QED) is 0.883. The molecule has 2 aromatic rings. The van der Waals surface area contributed by atoms with Crippen LogP contribution >= 0.6 is 0 Å². The van der Waals surface area contributed by atoms with Gasteiger partial charge in [0.15, 0.2) is 0 Å². The van der Waals surface area contributed by atoms with Crippen LogP contribution in [0, 0.1) is 0 Å². The molecule has 0 aliphatic heterocycles. The number of aromatic nitrogens is 2. The van der Waals surface area contributed by atoms with E-state index in [2.05, 4.69) is 4.98 Å². The van der Waals surface area contributed by atoms with Crippen molar-refractivity contribution in [3.63, 3.8) is 0 Å². The molecular weight excluding hydrogens is 216 g/mol. The number of fused-ring (bicyclic) bond motifs is 1. The third-order valence-corrected chi connectivity index (χ3v) is 3.10. The van der Waals surface area contributed by atoms with Gasteiger partial charge in [-0.2, -0.15) is 0 Å². The summed E-state index contributed by atoms with van der Waals surface area (Å²) in [4.78, 5) is 15.1. The van der Waals surface area contributed by atoms with Crippen molar-refractivity contribution in [1.29, 1.82) is 0 Å². The van der Waals surface area contributed by atoms with Gasteiger partial charge in [0.25, 0.3) is 0 Å². The maximum atomic E-state index is 10.9. The van der Waals surface area contributed by atoms with E-state index >= 15 is 0 Å². The van der Waals surface area contributed by atoms with Crippen LogP contribution in [0.4, 0.5) is 0 Å². The molecule has 0 spiro atoms. The molecule has 0 radical (unpaired) electrons. The van der Waals surface area contributed by atoms with E-state index in [0.717, 1.165) is 16.6 Å². The van der Waals surface area contributed by atoms with Crippen molar-refractivity contribution in [3.05, 3.63) is 30.1 Å². The zero-order valence-electron chi connectivity index (χ0n) is 10.3. The van der Waals surface area contributed by atoms with Crippen LogP contribution in [0.15, 0.2) is 24.5 Å². The number of carboxylic acids is 1. The fourth-order valence-electron chi connectivity index (χ4n) is 2.03. The highest BCUT2D eigenvalue weighted by molar-refractivity contribution is 5.77. The summed E-state index contributed by atoms with van der Waals surface area (Å²) in [5.41, 5.74) is 2.61. The topological polar surface area (TPSA) is 55.1 Å². The second-order valence-electron chi connectivity index (χ2n) is 5.01. The monoisotopic (exact) mass is 232 g/mol. The summed E-state index contributed by atoms with van der Waals surface area (Å²) >= 11 is 0. The maximum Gasteiger partial charge on any atom is 0.304 e. The zero-order valence-corrected chi connectivity index (χ0v) is 10.3. The van der Waals surface area contributed by atoms with Crippen molar-refractivity contribution in [2.75, 3.05) is 0 Å². The van der Waals surface area contributed by atoms with Crippen molar-refractivity contribution in [1.82, 2.24) is 9.55 Å². The molecule has 4 heteroatoms. The minimum atomic E-state index is -0.778. The van der Waals surface area contributed by atoms with Gasteiger partial charge < -0.3 is 9.67 Å². The standard InChI is InChI=1S/C13H16N2O2/c1-13(2,7-12(16)17)9-4-5-10-11(6-9)15(3)8-14-10/h4-6,8H,7H2,1-3H3,(H,16,17). The number of hydrogen-bond acceptors (Lipinski definition) is 2. The number of aryl methyl sites for hydroxylation is 1. The highest BCUT2D eigenvalue weighted by Crippen LogP contribution is 2.29. The van der Waals surface area contributed by atoms with Gasteiger partial charge in [-0.05, 0) is 17.7 Å². The van der Waals surface area contributed by atoms with Gasteiger partial charge in [0, 0.05) is 12.5 Å². The van der Waals surface area contributed by atoms with E-state index in [4.69, 9.17) is 5.11 Å². The molecule has 0 aliphatic carbocycles. The largest absolute Gasteiger partial charge is 0.481 e. The van der Waals surface area contributed by atoms with Crippen LogP contribution < -0.4 is 0 Å². The van der Waals surface area contributed by atoms with Crippen LogP contribution in [-0.2, 0) is 17.3 Å². The molecule has 0 amide bonds. The van der Waals surface area contributed by atoms with Crippen LogP contribution in [0.3, 0.4) is 0 Å². The Bertz CT molecular complexity index is 570. The Kier molecular flexibility index (Phi) is 2.65. The second kappa shape index (κ2) is 3.87. The predicted molar refractivity (Wildman–Crippen MR) is 66.0 cm³/mol. The third-order valence-electron chi connectivity index (χ3n) is 3.10. The van der Waals surface area contributed by atoms with Gasteiger partial charge in [0.05, 0.1) is 23.8 Å². The number of imidazole rings is 1. The lowest BCUT2D eigenvalue weighted by molar-refractivity contribution is -0.138. The first kappa shape index (κ1) is 11.6. The van der Waals surface area contributed by atoms with Crippen molar-refractivity contribution in [2.24, 2.45) is 7.05 Å². The summed E-state index contributed by atoms with van der Waals surface area (Å²) in [7, 11) is 1.93. The Labute approximate surface area is 99.9 Å². The number of carbonyl (C=O) groups is 1. The Balaban J connectivity index is 2.48. The van der Waals surface area contributed by atoms with E-state index in [-0.39, 0.29) is 11.8 Å². The van der Waals surface area contributed by atoms with Crippen molar-refractivity contribution >= 4 is 17.0 Å². The third kappa shape index (κ3) is 2.16. The van der Waals surface area contributed by atoms with E-state index < -0.39 is 5.97 Å². The number of aliphatic carboxylic acids is 1. The van der Waals surface area contributed by atoms with E-state index in [0.29, 0.717) is 0 Å². The van der Waals surface area contributed by atoms with Gasteiger partial charge in [0.1, 0.15) is 0 Å². The molecule has 2 rings (SSSR count). The van der Waals surface area contributed by atoms with E-state index in [1.54, 1.807) is 6.33 Å². The number of rotatable bonds is 3. The van der Waals surface area contributed by atoms with Gasteiger partial charge in [-0.1, -0.05) is 19.9 Å². The van der Waals surface area contributed by atoms with Gasteiger partial charge in [-0.15, -0.1) is 0 Å². The Morgan fingerprint density at radius 2 is 2.18 bits per heavy atom. The van der Waals surface area contributed by atoms with Gasteiger partial charge in [0.2, 0.25) is 0 Å². The first-order chi connectivity index (χ1) is 7.90. The molecular formula is C13H16N2O2. The molecule has 0 saturated heterocycles. The fourth-order valence-corrected chi connectivity index (χ4v) is 2.03. The molecule has 1 aromatic heterocycles. The van der Waals surface area contributed by atoms with Crippen LogP contribution in [0.1, 0.15) is 25.8 Å². The summed E-state index contributed by atoms with van der Waals surface area (Å²) < 4.78 is 1.94. The molecule has 1 N–H and O–H groups in total. The Morgan fingerprint density at radius 3 is 2.82 bits per heavy atom. The zero-order chi connectivity index (χ0) is 12.6. The van der Waals surface area contributed by atoms with Crippen LogP contribution in [-0.4, -0.2) is 20.6 Å². The summed E-state index contributed by atoms with van der Waals surface area (Å²) in [6, 6.07) is 5.91. The average molecular weight is 232 g/mol. The molecule has 0 aliphatic rings. The summed E-state index contributed by atoms with van der Waals surface area (Å²) in [6.07, 6.45) is 1.88. The molecule has 1 heterocycles. The van der Waals surface area contributed by atoms with Crippen LogP contribution in [0.2, 0.25) is 0 Å². The smallest absolute Gasteiger partial charge is 0.304 e. The number of carboxylic acid groups (broad SMARTS) is 1. The summed E-state index contributed by atoms with van der Waals surface area (Å²) in [5, 5.41) is 8.92. The first-order valence-corrected chi connectivity index (χ1v) is 5.53. The number of benzene rings is 1. The van der Waals surface area contributed by atoms with Crippen molar-refractivity contribution in [2.45, 2.75) is 25.7 Å². The molecule has 1 aromatic carbocycles. The summed E-state index contributed by atoms with van der Waals surface area (Å²) in [6.45, 7) is 3.89. The average Bonchev–Trinajstić information content (AvgIpc) is 2.58. The minimum Gasteiger partial charge on any atom is -0.481 e. The fraction of sp³-hybridized carbons (Fsp3) is 0.385. The van der Waals surface area contributed by atoms with E-state index in [1.165, 1.54) is 0 Å². The van der Waals surface area contributed by atoms with Crippen LogP contribution in [0.25, 0.3) is 11.0 Å². The highest BCUT2D eigenvalue weighted by Gasteiger charge is 2.24. The molecule has 4 nitrogen and oxygen atoms in total. The van der Waals surface area contributed by atoms with E-state index in [1.807, 2.05) is 43.7 Å². The number of nitrogens with zero attached hydrogens (tertiary/aromatic N) is 2. The highest BCUT2D eigenvalue weighted by atomic mass is 16.4. The molecule has 0 atom stereocenters. The Hall–Kier alpha value is -1.84. The normalized spacial score (nSPS) is 11.9. The second-order valence-corrected chi connectivity index (χ2v) is 5.01. The summed E-state index contributed by atoms with van der Waals surface area (Å²) in [5.74, 6) is -0.778. The molecule has 90 valence electrons. The Morgan fingerprint density at radius 1 is 1.47 bits per heavy atom. The molecule has 0 bridgehead atoms. The van der Waals surface area contributed by atoms with Crippen molar-refractivity contribution < 1.29 is 9.90 Å².